The van der Waals surface area contributed by atoms with Gasteiger partial charge < -0.3 is 4.57 Å². The van der Waals surface area contributed by atoms with Crippen molar-refractivity contribution in [2.45, 2.75) is 32.2 Å². The van der Waals surface area contributed by atoms with Gasteiger partial charge in [-0.15, -0.1) is 10.2 Å². The second kappa shape index (κ2) is 3.95. The lowest BCUT2D eigenvalue weighted by Gasteiger charge is -2.24. The van der Waals surface area contributed by atoms with Gasteiger partial charge in [0.15, 0.2) is 0 Å². The molecule has 0 spiro atoms. The summed E-state index contributed by atoms with van der Waals surface area (Å²) < 4.78 is 15.0. The van der Waals surface area contributed by atoms with Crippen molar-refractivity contribution in [3.8, 4) is 0 Å². The highest BCUT2D eigenvalue weighted by Gasteiger charge is 2.22. The van der Waals surface area contributed by atoms with Gasteiger partial charge in [0.1, 0.15) is 17.5 Å². The first-order valence-electron chi connectivity index (χ1n) is 5.88. The van der Waals surface area contributed by atoms with Crippen molar-refractivity contribution in [2.24, 2.45) is 0 Å². The minimum absolute atomic E-state index is 0.175. The summed E-state index contributed by atoms with van der Waals surface area (Å²) in [5, 5.41) is 8.24. The predicted octanol–water partition coefficient (Wildman–Crippen LogP) is 2.46. The number of nitrogens with zero attached hydrogens (tertiary/aromatic N) is 3. The van der Waals surface area contributed by atoms with E-state index < -0.39 is 0 Å². The normalized spacial score (nSPS) is 19.1. The first-order valence-corrected chi connectivity index (χ1v) is 5.88. The standard InChI is InChI=1S/C13H14FN3/c1-9-15-16-13-7-4-11(8-17(9)13)10-2-5-12(14)6-3-10/h2-3,5-6,11H,4,7-8H2,1H3. The first kappa shape index (κ1) is 10.4. The van der Waals surface area contributed by atoms with Crippen LogP contribution in [0.25, 0.3) is 0 Å². The van der Waals surface area contributed by atoms with Gasteiger partial charge in [0, 0.05) is 18.9 Å². The van der Waals surface area contributed by atoms with E-state index >= 15 is 0 Å². The first-order chi connectivity index (χ1) is 8.24. The number of halogens is 1. The second-order valence-corrected chi connectivity index (χ2v) is 4.56. The quantitative estimate of drug-likeness (QED) is 0.754. The van der Waals surface area contributed by atoms with E-state index in [2.05, 4.69) is 14.8 Å². The van der Waals surface area contributed by atoms with Gasteiger partial charge >= 0.3 is 0 Å². The van der Waals surface area contributed by atoms with Crippen LogP contribution in [0, 0.1) is 12.7 Å². The van der Waals surface area contributed by atoms with Crippen molar-refractivity contribution >= 4 is 0 Å². The summed E-state index contributed by atoms with van der Waals surface area (Å²) in [6, 6.07) is 6.82. The fourth-order valence-corrected chi connectivity index (χ4v) is 2.47. The maximum atomic E-state index is 12.9. The molecule has 0 fully saturated rings. The molecule has 1 aromatic carbocycles. The number of hydrogen-bond donors (Lipinski definition) is 0. The molecule has 0 amide bonds. The Labute approximate surface area is 99.3 Å². The average Bonchev–Trinajstić information content (AvgIpc) is 2.72. The summed E-state index contributed by atoms with van der Waals surface area (Å²) in [5.41, 5.74) is 1.20. The number of hydrogen-bond acceptors (Lipinski definition) is 2. The highest BCUT2D eigenvalue weighted by Crippen LogP contribution is 2.28. The minimum atomic E-state index is -0.175. The Kier molecular flexibility index (Phi) is 2.42. The van der Waals surface area contributed by atoms with E-state index in [1.807, 2.05) is 19.1 Å². The molecule has 17 heavy (non-hydrogen) atoms. The van der Waals surface area contributed by atoms with Crippen LogP contribution in [-0.4, -0.2) is 14.8 Å². The summed E-state index contributed by atoms with van der Waals surface area (Å²) in [7, 11) is 0. The monoisotopic (exact) mass is 231 g/mol. The molecule has 2 aromatic rings. The van der Waals surface area contributed by atoms with Crippen LogP contribution in [-0.2, 0) is 13.0 Å². The average molecular weight is 231 g/mol. The molecule has 1 unspecified atom stereocenters. The highest BCUT2D eigenvalue weighted by molar-refractivity contribution is 5.22. The number of fused-ring (bicyclic) bond motifs is 1. The van der Waals surface area contributed by atoms with Crippen LogP contribution in [0.2, 0.25) is 0 Å². The van der Waals surface area contributed by atoms with Crippen LogP contribution in [0.5, 0.6) is 0 Å². The Morgan fingerprint density at radius 2 is 2.00 bits per heavy atom. The van der Waals surface area contributed by atoms with Crippen LogP contribution in [0.15, 0.2) is 24.3 Å². The minimum Gasteiger partial charge on any atom is -0.315 e. The van der Waals surface area contributed by atoms with E-state index in [4.69, 9.17) is 0 Å². The highest BCUT2D eigenvalue weighted by atomic mass is 19.1. The Morgan fingerprint density at radius 3 is 2.76 bits per heavy atom. The second-order valence-electron chi connectivity index (χ2n) is 4.56. The molecule has 0 radical (unpaired) electrons. The molecule has 88 valence electrons. The third-order valence-electron chi connectivity index (χ3n) is 3.47. The van der Waals surface area contributed by atoms with Crippen molar-refractivity contribution in [1.29, 1.82) is 0 Å². The number of benzene rings is 1. The smallest absolute Gasteiger partial charge is 0.133 e. The van der Waals surface area contributed by atoms with Gasteiger partial charge in [-0.1, -0.05) is 12.1 Å². The van der Waals surface area contributed by atoms with Gasteiger partial charge in [0.05, 0.1) is 0 Å². The topological polar surface area (TPSA) is 30.7 Å². The fourth-order valence-electron chi connectivity index (χ4n) is 2.47. The Morgan fingerprint density at radius 1 is 1.24 bits per heavy atom. The fraction of sp³-hybridized carbons (Fsp3) is 0.385. The van der Waals surface area contributed by atoms with Gasteiger partial charge in [0.2, 0.25) is 0 Å². The van der Waals surface area contributed by atoms with Gasteiger partial charge in [-0.05, 0) is 31.0 Å². The molecule has 3 nitrogen and oxygen atoms in total. The third-order valence-corrected chi connectivity index (χ3v) is 3.47. The summed E-state index contributed by atoms with van der Waals surface area (Å²) in [6.07, 6.45) is 2.01. The summed E-state index contributed by atoms with van der Waals surface area (Å²) >= 11 is 0. The lowest BCUT2D eigenvalue weighted by molar-refractivity contribution is 0.449. The molecule has 1 aliphatic rings. The van der Waals surface area contributed by atoms with Crippen LogP contribution in [0.1, 0.15) is 29.6 Å². The van der Waals surface area contributed by atoms with E-state index in [1.54, 1.807) is 0 Å². The molecular formula is C13H14FN3. The molecular weight excluding hydrogens is 217 g/mol. The van der Waals surface area contributed by atoms with Crippen molar-refractivity contribution in [2.75, 3.05) is 0 Å². The molecule has 2 heterocycles. The zero-order valence-corrected chi connectivity index (χ0v) is 9.73. The predicted molar refractivity (Wildman–Crippen MR) is 62.2 cm³/mol. The molecule has 0 saturated carbocycles. The van der Waals surface area contributed by atoms with Crippen LogP contribution in [0.3, 0.4) is 0 Å². The summed E-state index contributed by atoms with van der Waals surface area (Å²) in [5.74, 6) is 2.30. The van der Waals surface area contributed by atoms with Gasteiger partial charge in [-0.3, -0.25) is 0 Å². The molecule has 4 heteroatoms. The van der Waals surface area contributed by atoms with Crippen LogP contribution in [0.4, 0.5) is 4.39 Å². The zero-order chi connectivity index (χ0) is 11.8. The van der Waals surface area contributed by atoms with E-state index in [-0.39, 0.29) is 5.82 Å². The SMILES string of the molecule is Cc1nnc2n1CC(c1ccc(F)cc1)CC2. The van der Waals surface area contributed by atoms with Gasteiger partial charge in [-0.2, -0.15) is 0 Å². The maximum absolute atomic E-state index is 12.9. The molecule has 0 bridgehead atoms. The molecule has 0 saturated heterocycles. The zero-order valence-electron chi connectivity index (χ0n) is 9.73. The Bertz CT molecular complexity index is 530. The number of aryl methyl sites for hydroxylation is 2. The molecule has 0 aliphatic carbocycles. The van der Waals surface area contributed by atoms with Crippen LogP contribution >= 0.6 is 0 Å². The molecule has 1 aromatic heterocycles. The Hall–Kier alpha value is -1.71. The largest absolute Gasteiger partial charge is 0.315 e. The van der Waals surface area contributed by atoms with Crippen molar-refractivity contribution < 1.29 is 4.39 Å². The molecule has 3 rings (SSSR count). The lowest BCUT2D eigenvalue weighted by atomic mass is 9.91. The molecule has 1 aliphatic heterocycles. The van der Waals surface area contributed by atoms with E-state index in [9.17, 15) is 4.39 Å². The van der Waals surface area contributed by atoms with Gasteiger partial charge in [-0.25, -0.2) is 4.39 Å². The number of rotatable bonds is 1. The molecule has 0 N–H and O–H groups in total. The van der Waals surface area contributed by atoms with E-state index in [0.717, 1.165) is 31.0 Å². The van der Waals surface area contributed by atoms with E-state index in [1.165, 1.54) is 17.7 Å². The Balaban J connectivity index is 1.88. The van der Waals surface area contributed by atoms with Crippen molar-refractivity contribution in [1.82, 2.24) is 14.8 Å². The van der Waals surface area contributed by atoms with Crippen molar-refractivity contribution in [3.05, 3.63) is 47.3 Å². The van der Waals surface area contributed by atoms with E-state index in [0.29, 0.717) is 5.92 Å². The summed E-state index contributed by atoms with van der Waals surface area (Å²) in [6.45, 7) is 2.88. The molecule has 1 atom stereocenters. The third kappa shape index (κ3) is 1.84. The van der Waals surface area contributed by atoms with Gasteiger partial charge in [0.25, 0.3) is 0 Å². The maximum Gasteiger partial charge on any atom is 0.133 e. The summed E-state index contributed by atoms with van der Waals surface area (Å²) in [4.78, 5) is 0. The lowest BCUT2D eigenvalue weighted by Crippen LogP contribution is -2.19. The van der Waals surface area contributed by atoms with Crippen LogP contribution < -0.4 is 0 Å². The number of aromatic nitrogens is 3. The van der Waals surface area contributed by atoms with Crippen molar-refractivity contribution in [3.63, 3.8) is 0 Å².